The van der Waals surface area contributed by atoms with Gasteiger partial charge in [-0.2, -0.15) is 0 Å². The zero-order chi connectivity index (χ0) is 14.3. The maximum absolute atomic E-state index is 11.6. The molecule has 1 rings (SSSR count). The van der Waals surface area contributed by atoms with E-state index >= 15 is 0 Å². The molecule has 1 amide bonds. The third kappa shape index (κ3) is 5.42. The zero-order valence-corrected chi connectivity index (χ0v) is 11.2. The van der Waals surface area contributed by atoms with E-state index in [1.165, 1.54) is 0 Å². The number of carboxylic acid groups (broad SMARTS) is 1. The summed E-state index contributed by atoms with van der Waals surface area (Å²) in [6, 6.07) is 7.26. The van der Waals surface area contributed by atoms with Crippen molar-refractivity contribution in [3.05, 3.63) is 29.8 Å². The Morgan fingerprint density at radius 2 is 1.95 bits per heavy atom. The lowest BCUT2D eigenvalue weighted by atomic mass is 10.1. The molecule has 104 valence electrons. The summed E-state index contributed by atoms with van der Waals surface area (Å²) in [5, 5.41) is 11.4. The molecule has 0 saturated heterocycles. The number of carboxylic acids is 1. The van der Waals surface area contributed by atoms with E-state index in [0.29, 0.717) is 13.0 Å². The number of hydrogen-bond donors (Lipinski definition) is 2. The number of hydrogen-bond acceptors (Lipinski definition) is 3. The SMILES string of the molecule is COc1ccc(CC(=O)NCCC(C)C(=O)O)cc1. The van der Waals surface area contributed by atoms with Gasteiger partial charge in [0.15, 0.2) is 0 Å². The van der Waals surface area contributed by atoms with Crippen molar-refractivity contribution in [3.8, 4) is 5.75 Å². The number of amides is 1. The maximum Gasteiger partial charge on any atom is 0.306 e. The molecule has 5 nitrogen and oxygen atoms in total. The molecule has 5 heteroatoms. The monoisotopic (exact) mass is 265 g/mol. The Kier molecular flexibility index (Phi) is 5.85. The van der Waals surface area contributed by atoms with Crippen molar-refractivity contribution in [3.63, 3.8) is 0 Å². The molecule has 1 atom stereocenters. The highest BCUT2D eigenvalue weighted by atomic mass is 16.5. The maximum atomic E-state index is 11.6. The van der Waals surface area contributed by atoms with Crippen LogP contribution in [0.15, 0.2) is 24.3 Å². The first-order valence-corrected chi connectivity index (χ1v) is 6.15. The first kappa shape index (κ1) is 15.0. The molecule has 0 saturated carbocycles. The fraction of sp³-hybridized carbons (Fsp3) is 0.429. The van der Waals surface area contributed by atoms with E-state index in [1.54, 1.807) is 26.2 Å². The van der Waals surface area contributed by atoms with Crippen molar-refractivity contribution in [2.45, 2.75) is 19.8 Å². The van der Waals surface area contributed by atoms with Crippen molar-refractivity contribution < 1.29 is 19.4 Å². The molecular formula is C14H19NO4. The second-order valence-corrected chi connectivity index (χ2v) is 4.40. The van der Waals surface area contributed by atoms with Gasteiger partial charge in [-0.15, -0.1) is 0 Å². The highest BCUT2D eigenvalue weighted by Gasteiger charge is 2.11. The molecule has 0 aliphatic heterocycles. The Bertz CT molecular complexity index is 428. The van der Waals surface area contributed by atoms with E-state index in [4.69, 9.17) is 9.84 Å². The predicted molar refractivity (Wildman–Crippen MR) is 71.1 cm³/mol. The summed E-state index contributed by atoms with van der Waals surface area (Å²) in [5.41, 5.74) is 0.893. The quantitative estimate of drug-likeness (QED) is 0.782. The largest absolute Gasteiger partial charge is 0.497 e. The summed E-state index contributed by atoms with van der Waals surface area (Å²) in [6.07, 6.45) is 0.717. The standard InChI is InChI=1S/C14H19NO4/c1-10(14(17)18)7-8-15-13(16)9-11-3-5-12(19-2)6-4-11/h3-6,10H,7-9H2,1-2H3,(H,15,16)(H,17,18). The van der Waals surface area contributed by atoms with Crippen molar-refractivity contribution in [1.29, 1.82) is 0 Å². The van der Waals surface area contributed by atoms with Crippen LogP contribution >= 0.6 is 0 Å². The van der Waals surface area contributed by atoms with Crippen molar-refractivity contribution in [2.75, 3.05) is 13.7 Å². The Balaban J connectivity index is 2.32. The third-order valence-corrected chi connectivity index (χ3v) is 2.84. The number of benzene rings is 1. The van der Waals surface area contributed by atoms with Crippen LogP contribution in [0.4, 0.5) is 0 Å². The molecular weight excluding hydrogens is 246 g/mol. The van der Waals surface area contributed by atoms with Crippen LogP contribution < -0.4 is 10.1 Å². The minimum atomic E-state index is -0.843. The number of methoxy groups -OCH3 is 1. The Hall–Kier alpha value is -2.04. The van der Waals surface area contributed by atoms with Gasteiger partial charge in [-0.25, -0.2) is 0 Å². The van der Waals surface area contributed by atoms with E-state index in [1.807, 2.05) is 12.1 Å². The minimum Gasteiger partial charge on any atom is -0.497 e. The zero-order valence-electron chi connectivity index (χ0n) is 11.2. The lowest BCUT2D eigenvalue weighted by Gasteiger charge is -2.08. The van der Waals surface area contributed by atoms with Gasteiger partial charge in [0.1, 0.15) is 5.75 Å². The molecule has 0 radical (unpaired) electrons. The smallest absolute Gasteiger partial charge is 0.306 e. The average molecular weight is 265 g/mol. The van der Waals surface area contributed by atoms with E-state index in [0.717, 1.165) is 11.3 Å². The van der Waals surface area contributed by atoms with Gasteiger partial charge in [0.2, 0.25) is 5.91 Å². The fourth-order valence-corrected chi connectivity index (χ4v) is 1.54. The second-order valence-electron chi connectivity index (χ2n) is 4.40. The van der Waals surface area contributed by atoms with Crippen LogP contribution in [0.3, 0.4) is 0 Å². The number of carbonyl (C=O) groups excluding carboxylic acids is 1. The van der Waals surface area contributed by atoms with Crippen molar-refractivity contribution in [2.24, 2.45) is 5.92 Å². The van der Waals surface area contributed by atoms with Crippen LogP contribution in [-0.2, 0) is 16.0 Å². The number of carbonyl (C=O) groups is 2. The minimum absolute atomic E-state index is 0.109. The van der Waals surface area contributed by atoms with Gasteiger partial charge in [-0.1, -0.05) is 19.1 Å². The van der Waals surface area contributed by atoms with Gasteiger partial charge in [0, 0.05) is 6.54 Å². The number of ether oxygens (including phenoxy) is 1. The van der Waals surface area contributed by atoms with Gasteiger partial charge >= 0.3 is 5.97 Å². The van der Waals surface area contributed by atoms with Gasteiger partial charge in [-0.3, -0.25) is 9.59 Å². The molecule has 0 fully saturated rings. The van der Waals surface area contributed by atoms with E-state index in [2.05, 4.69) is 5.32 Å². The fourth-order valence-electron chi connectivity index (χ4n) is 1.54. The molecule has 2 N–H and O–H groups in total. The van der Waals surface area contributed by atoms with Gasteiger partial charge in [0.05, 0.1) is 19.4 Å². The number of aliphatic carboxylic acids is 1. The summed E-state index contributed by atoms with van der Waals surface area (Å²) in [4.78, 5) is 22.2. The van der Waals surface area contributed by atoms with Crippen molar-refractivity contribution in [1.82, 2.24) is 5.32 Å². The Labute approximate surface area is 112 Å². The molecule has 0 heterocycles. The summed E-state index contributed by atoms with van der Waals surface area (Å²) < 4.78 is 5.03. The van der Waals surface area contributed by atoms with Gasteiger partial charge in [0.25, 0.3) is 0 Å². The summed E-state index contributed by atoms with van der Waals surface area (Å²) in [7, 11) is 1.59. The molecule has 0 spiro atoms. The number of rotatable bonds is 7. The summed E-state index contributed by atoms with van der Waals surface area (Å²) in [6.45, 7) is 2.00. The summed E-state index contributed by atoms with van der Waals surface area (Å²) >= 11 is 0. The van der Waals surface area contributed by atoms with Crippen LogP contribution in [0, 0.1) is 5.92 Å². The number of nitrogens with one attached hydrogen (secondary N) is 1. The lowest BCUT2D eigenvalue weighted by molar-refractivity contribution is -0.141. The van der Waals surface area contributed by atoms with Crippen LogP contribution in [0.1, 0.15) is 18.9 Å². The molecule has 0 bridgehead atoms. The van der Waals surface area contributed by atoms with Crippen LogP contribution in [0.5, 0.6) is 5.75 Å². The average Bonchev–Trinajstić information content (AvgIpc) is 2.39. The normalized spacial score (nSPS) is 11.7. The summed E-state index contributed by atoms with van der Waals surface area (Å²) in [5.74, 6) is -0.645. The molecule has 1 aromatic carbocycles. The topological polar surface area (TPSA) is 75.6 Å². The Morgan fingerprint density at radius 1 is 1.32 bits per heavy atom. The molecule has 19 heavy (non-hydrogen) atoms. The predicted octanol–water partition coefficient (Wildman–Crippen LogP) is 1.46. The van der Waals surface area contributed by atoms with Crippen LogP contribution in [0.2, 0.25) is 0 Å². The van der Waals surface area contributed by atoms with Crippen LogP contribution in [0.25, 0.3) is 0 Å². The van der Waals surface area contributed by atoms with Gasteiger partial charge < -0.3 is 15.2 Å². The van der Waals surface area contributed by atoms with Crippen LogP contribution in [-0.4, -0.2) is 30.6 Å². The molecule has 1 aromatic rings. The van der Waals surface area contributed by atoms with Crippen molar-refractivity contribution >= 4 is 11.9 Å². The van der Waals surface area contributed by atoms with E-state index in [-0.39, 0.29) is 12.3 Å². The first-order valence-electron chi connectivity index (χ1n) is 6.15. The lowest BCUT2D eigenvalue weighted by Crippen LogP contribution is -2.28. The second kappa shape index (κ2) is 7.41. The highest BCUT2D eigenvalue weighted by Crippen LogP contribution is 2.11. The first-order chi connectivity index (χ1) is 9.02. The molecule has 0 aromatic heterocycles. The van der Waals surface area contributed by atoms with E-state index < -0.39 is 11.9 Å². The van der Waals surface area contributed by atoms with Gasteiger partial charge in [-0.05, 0) is 24.1 Å². The highest BCUT2D eigenvalue weighted by molar-refractivity contribution is 5.78. The Morgan fingerprint density at radius 3 is 2.47 bits per heavy atom. The third-order valence-electron chi connectivity index (χ3n) is 2.84. The molecule has 0 aliphatic carbocycles. The van der Waals surface area contributed by atoms with E-state index in [9.17, 15) is 9.59 Å². The molecule has 1 unspecified atom stereocenters. The molecule has 0 aliphatic rings.